The SMILES string of the molecule is Cc1c(C(=O)NCc2ccco2)sc2ncnc(N3CCN(C)CC3)c12. The van der Waals surface area contributed by atoms with E-state index >= 15 is 0 Å². The Morgan fingerprint density at radius 1 is 1.31 bits per heavy atom. The third kappa shape index (κ3) is 3.17. The fourth-order valence-electron chi connectivity index (χ4n) is 3.19. The van der Waals surface area contributed by atoms with E-state index < -0.39 is 0 Å². The van der Waals surface area contributed by atoms with Crippen LogP contribution >= 0.6 is 11.3 Å². The molecule has 26 heavy (non-hydrogen) atoms. The first kappa shape index (κ1) is 17.0. The maximum absolute atomic E-state index is 12.7. The number of aromatic nitrogens is 2. The van der Waals surface area contributed by atoms with E-state index in [1.54, 1.807) is 12.6 Å². The number of furan rings is 1. The largest absolute Gasteiger partial charge is 0.467 e. The first-order chi connectivity index (χ1) is 12.6. The lowest BCUT2D eigenvalue weighted by Crippen LogP contribution is -2.44. The second kappa shape index (κ2) is 7.05. The molecule has 0 saturated carbocycles. The Labute approximate surface area is 155 Å². The van der Waals surface area contributed by atoms with E-state index in [9.17, 15) is 4.79 Å². The van der Waals surface area contributed by atoms with Crippen LogP contribution < -0.4 is 10.2 Å². The predicted octanol–water partition coefficient (Wildman–Crippen LogP) is 2.27. The summed E-state index contributed by atoms with van der Waals surface area (Å²) in [5, 5.41) is 3.91. The van der Waals surface area contributed by atoms with E-state index in [2.05, 4.69) is 32.1 Å². The number of rotatable bonds is 4. The number of amides is 1. The lowest BCUT2D eigenvalue weighted by molar-refractivity contribution is 0.0951. The van der Waals surface area contributed by atoms with Crippen LogP contribution in [0, 0.1) is 6.92 Å². The van der Waals surface area contributed by atoms with Gasteiger partial charge in [0.05, 0.1) is 23.1 Å². The van der Waals surface area contributed by atoms with Crippen LogP contribution in [0.25, 0.3) is 10.2 Å². The average molecular weight is 371 g/mol. The lowest BCUT2D eigenvalue weighted by atomic mass is 10.1. The van der Waals surface area contributed by atoms with Gasteiger partial charge in [-0.15, -0.1) is 11.3 Å². The van der Waals surface area contributed by atoms with Gasteiger partial charge in [-0.3, -0.25) is 4.79 Å². The molecule has 3 aromatic rings. The molecule has 1 amide bonds. The minimum atomic E-state index is -0.105. The molecule has 1 saturated heterocycles. The Bertz CT molecular complexity index is 913. The maximum Gasteiger partial charge on any atom is 0.262 e. The average Bonchev–Trinajstić information content (AvgIpc) is 3.28. The number of thiophene rings is 1. The van der Waals surface area contributed by atoms with Gasteiger partial charge < -0.3 is 19.5 Å². The monoisotopic (exact) mass is 371 g/mol. The molecule has 4 rings (SSSR count). The van der Waals surface area contributed by atoms with Gasteiger partial charge in [-0.25, -0.2) is 9.97 Å². The van der Waals surface area contributed by atoms with Gasteiger partial charge in [0.25, 0.3) is 5.91 Å². The first-order valence-corrected chi connectivity index (χ1v) is 9.43. The zero-order valence-electron chi connectivity index (χ0n) is 14.9. The number of nitrogens with zero attached hydrogens (tertiary/aromatic N) is 4. The van der Waals surface area contributed by atoms with Crippen molar-refractivity contribution < 1.29 is 9.21 Å². The molecule has 8 heteroatoms. The molecule has 0 aliphatic carbocycles. The molecule has 3 aromatic heterocycles. The molecular formula is C18H21N5O2S. The van der Waals surface area contributed by atoms with Gasteiger partial charge in [0, 0.05) is 26.2 Å². The molecule has 0 aromatic carbocycles. The molecule has 7 nitrogen and oxygen atoms in total. The summed E-state index contributed by atoms with van der Waals surface area (Å²) in [6.45, 7) is 6.21. The van der Waals surface area contributed by atoms with Crippen molar-refractivity contribution in [3.63, 3.8) is 0 Å². The molecule has 4 heterocycles. The molecule has 0 radical (unpaired) electrons. The fourth-order valence-corrected chi connectivity index (χ4v) is 4.25. The number of aryl methyl sites for hydroxylation is 1. The second-order valence-corrected chi connectivity index (χ2v) is 7.49. The zero-order chi connectivity index (χ0) is 18.1. The highest BCUT2D eigenvalue weighted by molar-refractivity contribution is 7.20. The smallest absolute Gasteiger partial charge is 0.262 e. The molecular weight excluding hydrogens is 350 g/mol. The number of nitrogens with one attached hydrogen (secondary N) is 1. The Morgan fingerprint density at radius 3 is 2.85 bits per heavy atom. The number of hydrogen-bond acceptors (Lipinski definition) is 7. The molecule has 0 atom stereocenters. The minimum Gasteiger partial charge on any atom is -0.467 e. The highest BCUT2D eigenvalue weighted by Gasteiger charge is 2.23. The van der Waals surface area contributed by atoms with Crippen LogP contribution in [0.15, 0.2) is 29.1 Å². The van der Waals surface area contributed by atoms with Crippen molar-refractivity contribution in [2.24, 2.45) is 0 Å². The predicted molar refractivity (Wildman–Crippen MR) is 102 cm³/mol. The Balaban J connectivity index is 1.62. The maximum atomic E-state index is 12.7. The molecule has 1 aliphatic heterocycles. The van der Waals surface area contributed by atoms with Crippen molar-refractivity contribution >= 4 is 33.3 Å². The number of carbonyl (C=O) groups excluding carboxylic acids is 1. The van der Waals surface area contributed by atoms with Crippen LogP contribution in [0.1, 0.15) is 21.0 Å². The summed E-state index contributed by atoms with van der Waals surface area (Å²) >= 11 is 1.42. The van der Waals surface area contributed by atoms with Crippen molar-refractivity contribution in [2.75, 3.05) is 38.1 Å². The van der Waals surface area contributed by atoms with Gasteiger partial charge in [-0.2, -0.15) is 0 Å². The van der Waals surface area contributed by atoms with Gasteiger partial charge in [0.1, 0.15) is 22.7 Å². The van der Waals surface area contributed by atoms with Crippen LogP contribution in [-0.2, 0) is 6.54 Å². The van der Waals surface area contributed by atoms with Gasteiger partial charge in [-0.05, 0) is 31.7 Å². The van der Waals surface area contributed by atoms with Crippen LogP contribution in [0.3, 0.4) is 0 Å². The Hall–Kier alpha value is -2.45. The van der Waals surface area contributed by atoms with E-state index in [0.717, 1.165) is 53.5 Å². The molecule has 1 N–H and O–H groups in total. The summed E-state index contributed by atoms with van der Waals surface area (Å²) in [7, 11) is 2.13. The van der Waals surface area contributed by atoms with Gasteiger partial charge in [-0.1, -0.05) is 0 Å². The van der Waals surface area contributed by atoms with E-state index in [1.165, 1.54) is 11.3 Å². The molecule has 1 aliphatic rings. The molecule has 1 fully saturated rings. The van der Waals surface area contributed by atoms with Crippen LogP contribution in [0.4, 0.5) is 5.82 Å². The number of carbonyl (C=O) groups is 1. The normalized spacial score (nSPS) is 15.5. The standard InChI is InChI=1S/C18H21N5O2S/c1-12-14-16(23-7-5-22(2)6-8-23)20-11-21-18(14)26-15(12)17(24)19-10-13-4-3-9-25-13/h3-4,9,11H,5-8,10H2,1-2H3,(H,19,24). The first-order valence-electron chi connectivity index (χ1n) is 8.61. The highest BCUT2D eigenvalue weighted by Crippen LogP contribution is 2.35. The van der Waals surface area contributed by atoms with Crippen LogP contribution in [0.2, 0.25) is 0 Å². The lowest BCUT2D eigenvalue weighted by Gasteiger charge is -2.33. The number of fused-ring (bicyclic) bond motifs is 1. The third-order valence-corrected chi connectivity index (χ3v) is 5.92. The van der Waals surface area contributed by atoms with Crippen molar-refractivity contribution in [3.05, 3.63) is 40.9 Å². The fraction of sp³-hybridized carbons (Fsp3) is 0.389. The summed E-state index contributed by atoms with van der Waals surface area (Å²) < 4.78 is 5.27. The van der Waals surface area contributed by atoms with Crippen LogP contribution in [-0.4, -0.2) is 54.0 Å². The van der Waals surface area contributed by atoms with Gasteiger partial charge in [0.15, 0.2) is 0 Å². The quantitative estimate of drug-likeness (QED) is 0.758. The van der Waals surface area contributed by atoms with Crippen molar-refractivity contribution in [3.8, 4) is 0 Å². The molecule has 0 spiro atoms. The Kier molecular flexibility index (Phi) is 4.60. The molecule has 136 valence electrons. The highest BCUT2D eigenvalue weighted by atomic mass is 32.1. The minimum absolute atomic E-state index is 0.105. The topological polar surface area (TPSA) is 74.5 Å². The summed E-state index contributed by atoms with van der Waals surface area (Å²) in [6, 6.07) is 3.65. The van der Waals surface area contributed by atoms with E-state index in [1.807, 2.05) is 19.1 Å². The summed E-state index contributed by atoms with van der Waals surface area (Å²) in [5.74, 6) is 1.56. The van der Waals surface area contributed by atoms with Gasteiger partial charge >= 0.3 is 0 Å². The molecule has 0 bridgehead atoms. The van der Waals surface area contributed by atoms with Gasteiger partial charge in [0.2, 0.25) is 0 Å². The number of anilines is 1. The van der Waals surface area contributed by atoms with E-state index in [4.69, 9.17) is 4.42 Å². The summed E-state index contributed by atoms with van der Waals surface area (Å²) in [6.07, 6.45) is 3.19. The van der Waals surface area contributed by atoms with Crippen molar-refractivity contribution in [1.82, 2.24) is 20.2 Å². The second-order valence-electron chi connectivity index (χ2n) is 6.49. The third-order valence-electron chi connectivity index (χ3n) is 4.72. The zero-order valence-corrected chi connectivity index (χ0v) is 15.7. The number of piperazine rings is 1. The molecule has 0 unspecified atom stereocenters. The summed E-state index contributed by atoms with van der Waals surface area (Å²) in [4.78, 5) is 27.7. The van der Waals surface area contributed by atoms with Crippen molar-refractivity contribution in [2.45, 2.75) is 13.5 Å². The van der Waals surface area contributed by atoms with E-state index in [-0.39, 0.29) is 5.91 Å². The van der Waals surface area contributed by atoms with E-state index in [0.29, 0.717) is 11.4 Å². The number of hydrogen-bond donors (Lipinski definition) is 1. The van der Waals surface area contributed by atoms with Crippen LogP contribution in [0.5, 0.6) is 0 Å². The Morgan fingerprint density at radius 2 is 2.12 bits per heavy atom. The van der Waals surface area contributed by atoms with Crippen molar-refractivity contribution in [1.29, 1.82) is 0 Å². The number of likely N-dealkylation sites (N-methyl/N-ethyl adjacent to an activating group) is 1. The summed E-state index contributed by atoms with van der Waals surface area (Å²) in [5.41, 5.74) is 0.941.